The maximum atomic E-state index is 9.25. The molecule has 1 heterocycles. The number of ether oxygens (including phenoxy) is 1. The minimum absolute atomic E-state index is 0.177. The van der Waals surface area contributed by atoms with Crippen LogP contribution in [0, 0.1) is 0 Å². The van der Waals surface area contributed by atoms with Gasteiger partial charge in [-0.1, -0.05) is 12.1 Å². The summed E-state index contributed by atoms with van der Waals surface area (Å²) in [4.78, 5) is 3.96. The molecule has 0 saturated carbocycles. The van der Waals surface area contributed by atoms with Gasteiger partial charge in [-0.2, -0.15) is 0 Å². The zero-order valence-corrected chi connectivity index (χ0v) is 8.63. The van der Waals surface area contributed by atoms with Gasteiger partial charge in [0.05, 0.1) is 0 Å². The van der Waals surface area contributed by atoms with Crippen LogP contribution in [0.15, 0.2) is 42.6 Å². The molecule has 0 spiro atoms. The molecule has 0 atom stereocenters. The summed E-state index contributed by atoms with van der Waals surface area (Å²) in [5.41, 5.74) is 6.50. The molecule has 0 saturated heterocycles. The lowest BCUT2D eigenvalue weighted by atomic mass is 10.2. The average Bonchev–Trinajstić information content (AvgIpc) is 2.28. The average molecular weight is 216 g/mol. The van der Waals surface area contributed by atoms with Crippen LogP contribution >= 0.6 is 0 Å². The van der Waals surface area contributed by atoms with E-state index in [0.717, 1.165) is 5.56 Å². The topological polar surface area (TPSA) is 68.4 Å². The van der Waals surface area contributed by atoms with Gasteiger partial charge in [-0.3, -0.25) is 0 Å². The van der Waals surface area contributed by atoms with Crippen molar-refractivity contribution in [3.05, 3.63) is 48.2 Å². The number of nitrogen functional groups attached to an aromatic ring is 1. The highest BCUT2D eigenvalue weighted by Crippen LogP contribution is 2.19. The van der Waals surface area contributed by atoms with Crippen LogP contribution in [0.25, 0.3) is 0 Å². The van der Waals surface area contributed by atoms with Gasteiger partial charge in [-0.15, -0.1) is 0 Å². The number of benzene rings is 1. The Morgan fingerprint density at radius 2 is 2.12 bits per heavy atom. The van der Waals surface area contributed by atoms with E-state index in [1.165, 1.54) is 0 Å². The van der Waals surface area contributed by atoms with Gasteiger partial charge < -0.3 is 15.6 Å². The van der Waals surface area contributed by atoms with Crippen molar-refractivity contribution in [2.75, 3.05) is 5.73 Å². The zero-order valence-electron chi connectivity index (χ0n) is 8.63. The number of nitrogens with zero attached hydrogens (tertiary/aromatic N) is 1. The van der Waals surface area contributed by atoms with Crippen molar-refractivity contribution in [2.24, 2.45) is 0 Å². The summed E-state index contributed by atoms with van der Waals surface area (Å²) >= 11 is 0. The van der Waals surface area contributed by atoms with Crippen LogP contribution in [0.5, 0.6) is 11.5 Å². The predicted molar refractivity (Wildman–Crippen MR) is 61.1 cm³/mol. The molecule has 16 heavy (non-hydrogen) atoms. The van der Waals surface area contributed by atoms with Gasteiger partial charge in [0, 0.05) is 17.8 Å². The number of aromatic nitrogens is 1. The summed E-state index contributed by atoms with van der Waals surface area (Å²) in [5, 5.41) is 9.25. The molecular weight excluding hydrogens is 204 g/mol. The number of anilines is 1. The van der Waals surface area contributed by atoms with E-state index in [9.17, 15) is 5.11 Å². The number of rotatable bonds is 3. The summed E-state index contributed by atoms with van der Waals surface area (Å²) < 4.78 is 5.47. The SMILES string of the molecule is Nc1ncccc1COc1cccc(O)c1. The van der Waals surface area contributed by atoms with Gasteiger partial charge in [0.1, 0.15) is 23.9 Å². The number of aromatic hydroxyl groups is 1. The van der Waals surface area contributed by atoms with Crippen molar-refractivity contribution in [3.8, 4) is 11.5 Å². The molecule has 3 N–H and O–H groups in total. The van der Waals surface area contributed by atoms with E-state index in [1.807, 2.05) is 6.07 Å². The molecule has 0 radical (unpaired) electrons. The molecular formula is C12H12N2O2. The summed E-state index contributed by atoms with van der Waals surface area (Å²) in [5.74, 6) is 1.24. The zero-order chi connectivity index (χ0) is 11.4. The molecule has 82 valence electrons. The minimum atomic E-state index is 0.177. The van der Waals surface area contributed by atoms with E-state index < -0.39 is 0 Å². The molecule has 0 bridgehead atoms. The molecule has 0 aliphatic carbocycles. The van der Waals surface area contributed by atoms with Crippen molar-refractivity contribution < 1.29 is 9.84 Å². The molecule has 2 rings (SSSR count). The van der Waals surface area contributed by atoms with Gasteiger partial charge in [0.2, 0.25) is 0 Å². The van der Waals surface area contributed by atoms with E-state index in [0.29, 0.717) is 18.2 Å². The van der Waals surface area contributed by atoms with Crippen molar-refractivity contribution >= 4 is 5.82 Å². The van der Waals surface area contributed by atoms with Gasteiger partial charge >= 0.3 is 0 Å². The molecule has 4 nitrogen and oxygen atoms in total. The summed E-state index contributed by atoms with van der Waals surface area (Å²) in [6, 6.07) is 10.3. The highest BCUT2D eigenvalue weighted by atomic mass is 16.5. The van der Waals surface area contributed by atoms with E-state index in [4.69, 9.17) is 10.5 Å². The van der Waals surface area contributed by atoms with E-state index in [2.05, 4.69) is 4.98 Å². The highest BCUT2D eigenvalue weighted by molar-refractivity contribution is 5.38. The third-order valence-electron chi connectivity index (χ3n) is 2.14. The smallest absolute Gasteiger partial charge is 0.129 e. The Hall–Kier alpha value is -2.23. The molecule has 0 aliphatic heterocycles. The summed E-state index contributed by atoms with van der Waals surface area (Å²) in [7, 11) is 0. The second-order valence-electron chi connectivity index (χ2n) is 3.33. The lowest BCUT2D eigenvalue weighted by Crippen LogP contribution is -2.01. The minimum Gasteiger partial charge on any atom is -0.508 e. The largest absolute Gasteiger partial charge is 0.508 e. The molecule has 4 heteroatoms. The fraction of sp³-hybridized carbons (Fsp3) is 0.0833. The first kappa shape index (κ1) is 10.3. The highest BCUT2D eigenvalue weighted by Gasteiger charge is 2.00. The van der Waals surface area contributed by atoms with Crippen LogP contribution < -0.4 is 10.5 Å². The Morgan fingerprint density at radius 1 is 1.25 bits per heavy atom. The first-order chi connectivity index (χ1) is 7.75. The fourth-order valence-corrected chi connectivity index (χ4v) is 1.31. The van der Waals surface area contributed by atoms with Gasteiger partial charge in [0.15, 0.2) is 0 Å². The van der Waals surface area contributed by atoms with Crippen LogP contribution in [-0.4, -0.2) is 10.1 Å². The van der Waals surface area contributed by atoms with Crippen LogP contribution in [-0.2, 0) is 6.61 Å². The Bertz CT molecular complexity index is 486. The number of nitrogens with two attached hydrogens (primary N) is 1. The summed E-state index contributed by atoms with van der Waals surface area (Å²) in [6.07, 6.45) is 1.63. The van der Waals surface area contributed by atoms with Crippen molar-refractivity contribution in [1.29, 1.82) is 0 Å². The Balaban J connectivity index is 2.05. The fourth-order valence-electron chi connectivity index (χ4n) is 1.31. The van der Waals surface area contributed by atoms with Gasteiger partial charge in [-0.05, 0) is 18.2 Å². The second-order valence-corrected chi connectivity index (χ2v) is 3.33. The molecule has 0 aliphatic rings. The maximum absolute atomic E-state index is 9.25. The molecule has 0 amide bonds. The van der Waals surface area contributed by atoms with Crippen LogP contribution in [0.1, 0.15) is 5.56 Å². The maximum Gasteiger partial charge on any atom is 0.129 e. The van der Waals surface area contributed by atoms with Crippen LogP contribution in [0.3, 0.4) is 0 Å². The number of pyridine rings is 1. The third kappa shape index (κ3) is 2.42. The van der Waals surface area contributed by atoms with Crippen LogP contribution in [0.2, 0.25) is 0 Å². The van der Waals surface area contributed by atoms with Gasteiger partial charge in [-0.25, -0.2) is 4.98 Å². The number of phenolic OH excluding ortho intramolecular Hbond substituents is 1. The molecule has 2 aromatic rings. The molecule has 0 unspecified atom stereocenters. The summed E-state index contributed by atoms with van der Waals surface area (Å²) in [6.45, 7) is 0.336. The van der Waals surface area contributed by atoms with Crippen molar-refractivity contribution in [2.45, 2.75) is 6.61 Å². The standard InChI is InChI=1S/C12H12N2O2/c13-12-9(3-2-6-14-12)8-16-11-5-1-4-10(15)7-11/h1-7,15H,8H2,(H2,13,14). The van der Waals surface area contributed by atoms with E-state index in [-0.39, 0.29) is 5.75 Å². The number of hydrogen-bond acceptors (Lipinski definition) is 4. The Labute approximate surface area is 93.3 Å². The third-order valence-corrected chi connectivity index (χ3v) is 2.14. The van der Waals surface area contributed by atoms with E-state index in [1.54, 1.807) is 36.5 Å². The number of hydrogen-bond donors (Lipinski definition) is 2. The predicted octanol–water partition coefficient (Wildman–Crippen LogP) is 1.95. The van der Waals surface area contributed by atoms with E-state index >= 15 is 0 Å². The molecule has 0 fully saturated rings. The van der Waals surface area contributed by atoms with Gasteiger partial charge in [0.25, 0.3) is 0 Å². The quantitative estimate of drug-likeness (QED) is 0.822. The first-order valence-corrected chi connectivity index (χ1v) is 4.87. The normalized spacial score (nSPS) is 10.0. The molecule has 1 aromatic carbocycles. The van der Waals surface area contributed by atoms with Crippen LogP contribution in [0.4, 0.5) is 5.82 Å². The first-order valence-electron chi connectivity index (χ1n) is 4.87. The van der Waals surface area contributed by atoms with Crippen molar-refractivity contribution in [1.82, 2.24) is 4.98 Å². The monoisotopic (exact) mass is 216 g/mol. The second kappa shape index (κ2) is 4.53. The van der Waals surface area contributed by atoms with Crippen molar-refractivity contribution in [3.63, 3.8) is 0 Å². The lowest BCUT2D eigenvalue weighted by molar-refractivity contribution is 0.304. The number of phenols is 1. The Kier molecular flexibility index (Phi) is 2.91. The molecule has 1 aromatic heterocycles. The Morgan fingerprint density at radius 3 is 2.88 bits per heavy atom. The lowest BCUT2D eigenvalue weighted by Gasteiger charge is -2.07.